The zero-order valence-corrected chi connectivity index (χ0v) is 16.7. The molecule has 2 aliphatic rings. The minimum Gasteiger partial charge on any atom is -0.406 e. The Morgan fingerprint density at radius 2 is 2.00 bits per heavy atom. The number of likely N-dealkylation sites (tertiary alicyclic amines) is 1. The molecule has 10 heteroatoms. The van der Waals surface area contributed by atoms with E-state index in [-0.39, 0.29) is 36.1 Å². The Morgan fingerprint density at radius 1 is 1.20 bits per heavy atom. The standard InChI is InChI=1S/C20H19F3N2O4S/c21-20(22,23)29-15-4-1-3-14(7-15)8-24-10-19(13-28-9-17(24)26)11-25(12-19)18(27)16-5-2-6-30-16/h1-7H,8-13H2. The molecular weight excluding hydrogens is 421 g/mol. The van der Waals surface area contributed by atoms with E-state index < -0.39 is 6.36 Å². The Kier molecular flexibility index (Phi) is 5.46. The number of hydrogen-bond acceptors (Lipinski definition) is 5. The summed E-state index contributed by atoms with van der Waals surface area (Å²) in [4.78, 5) is 28.9. The molecule has 2 aliphatic heterocycles. The van der Waals surface area contributed by atoms with Crippen molar-refractivity contribution < 1.29 is 32.2 Å². The number of alkyl halides is 3. The predicted molar refractivity (Wildman–Crippen MR) is 102 cm³/mol. The lowest BCUT2D eigenvalue weighted by Crippen LogP contribution is -2.63. The molecule has 0 N–H and O–H groups in total. The SMILES string of the molecule is O=C1COCC2(CN1Cc1cccc(OC(F)(F)F)c1)CN(C(=O)c1cccs1)C2. The molecule has 0 radical (unpaired) electrons. The van der Waals surface area contributed by atoms with Crippen LogP contribution in [0, 0.1) is 5.41 Å². The first kappa shape index (κ1) is 20.7. The number of amides is 2. The van der Waals surface area contributed by atoms with E-state index in [0.29, 0.717) is 36.7 Å². The summed E-state index contributed by atoms with van der Waals surface area (Å²) in [6.45, 7) is 1.68. The van der Waals surface area contributed by atoms with Crippen molar-refractivity contribution in [1.29, 1.82) is 0 Å². The van der Waals surface area contributed by atoms with Crippen molar-refractivity contribution >= 4 is 23.2 Å². The summed E-state index contributed by atoms with van der Waals surface area (Å²) in [5.74, 6) is -0.614. The van der Waals surface area contributed by atoms with Gasteiger partial charge in [0.15, 0.2) is 0 Å². The number of hydrogen-bond donors (Lipinski definition) is 0. The average molecular weight is 440 g/mol. The smallest absolute Gasteiger partial charge is 0.406 e. The lowest BCUT2D eigenvalue weighted by Gasteiger charge is -2.50. The highest BCUT2D eigenvalue weighted by atomic mass is 32.1. The number of ether oxygens (including phenoxy) is 2. The molecule has 3 heterocycles. The van der Waals surface area contributed by atoms with E-state index in [4.69, 9.17) is 4.74 Å². The highest BCUT2D eigenvalue weighted by molar-refractivity contribution is 7.12. The zero-order chi connectivity index (χ0) is 21.4. The fourth-order valence-corrected chi connectivity index (χ4v) is 4.54. The van der Waals surface area contributed by atoms with Gasteiger partial charge in [0, 0.05) is 31.6 Å². The Bertz CT molecular complexity index is 926. The highest BCUT2D eigenvalue weighted by Gasteiger charge is 2.48. The molecule has 1 spiro atoms. The van der Waals surface area contributed by atoms with Gasteiger partial charge in [0.1, 0.15) is 12.4 Å². The number of rotatable bonds is 4. The number of carbonyl (C=O) groups is 2. The second kappa shape index (κ2) is 7.92. The van der Waals surface area contributed by atoms with E-state index in [0.717, 1.165) is 0 Å². The monoisotopic (exact) mass is 440 g/mol. The summed E-state index contributed by atoms with van der Waals surface area (Å²) in [5.41, 5.74) is 0.145. The topological polar surface area (TPSA) is 59.1 Å². The summed E-state index contributed by atoms with van der Waals surface area (Å²) in [7, 11) is 0. The zero-order valence-electron chi connectivity index (χ0n) is 15.9. The Labute approximate surface area is 174 Å². The maximum absolute atomic E-state index is 12.5. The van der Waals surface area contributed by atoms with E-state index in [2.05, 4.69) is 4.74 Å². The van der Waals surface area contributed by atoms with E-state index >= 15 is 0 Å². The van der Waals surface area contributed by atoms with Crippen LogP contribution in [-0.4, -0.2) is 60.8 Å². The van der Waals surface area contributed by atoms with Crippen LogP contribution in [0.5, 0.6) is 5.75 Å². The maximum Gasteiger partial charge on any atom is 0.573 e. The molecule has 160 valence electrons. The van der Waals surface area contributed by atoms with Crippen LogP contribution in [0.1, 0.15) is 15.2 Å². The summed E-state index contributed by atoms with van der Waals surface area (Å²) >= 11 is 1.38. The molecule has 1 aromatic carbocycles. The molecule has 0 atom stereocenters. The average Bonchev–Trinajstić information content (AvgIpc) is 3.12. The molecular formula is C20H19F3N2O4S. The first-order chi connectivity index (χ1) is 14.2. The fourth-order valence-electron chi connectivity index (χ4n) is 3.84. The Morgan fingerprint density at radius 3 is 2.70 bits per heavy atom. The lowest BCUT2D eigenvalue weighted by atomic mass is 9.79. The first-order valence-electron chi connectivity index (χ1n) is 9.26. The van der Waals surface area contributed by atoms with Gasteiger partial charge in [0.25, 0.3) is 5.91 Å². The highest BCUT2D eigenvalue weighted by Crippen LogP contribution is 2.35. The summed E-state index contributed by atoms with van der Waals surface area (Å²) in [5, 5.41) is 1.84. The van der Waals surface area contributed by atoms with Gasteiger partial charge in [-0.25, -0.2) is 0 Å². The minimum absolute atomic E-state index is 0.0465. The van der Waals surface area contributed by atoms with Crippen molar-refractivity contribution in [2.24, 2.45) is 5.41 Å². The van der Waals surface area contributed by atoms with Crippen molar-refractivity contribution in [2.45, 2.75) is 12.9 Å². The van der Waals surface area contributed by atoms with Crippen molar-refractivity contribution in [3.8, 4) is 5.75 Å². The second-order valence-corrected chi connectivity index (χ2v) is 8.52. The third-order valence-corrected chi connectivity index (χ3v) is 5.95. The van der Waals surface area contributed by atoms with Crippen molar-refractivity contribution in [2.75, 3.05) is 32.8 Å². The summed E-state index contributed by atoms with van der Waals surface area (Å²) in [6.07, 6.45) is -4.78. The van der Waals surface area contributed by atoms with E-state index in [1.165, 1.54) is 29.5 Å². The van der Waals surface area contributed by atoms with Gasteiger partial charge in [-0.3, -0.25) is 9.59 Å². The van der Waals surface area contributed by atoms with Gasteiger partial charge in [-0.05, 0) is 29.1 Å². The number of thiophene rings is 1. The molecule has 0 bridgehead atoms. The molecule has 6 nitrogen and oxygen atoms in total. The number of halogens is 3. The van der Waals surface area contributed by atoms with E-state index in [1.54, 1.807) is 21.9 Å². The van der Waals surface area contributed by atoms with Gasteiger partial charge in [-0.1, -0.05) is 18.2 Å². The van der Waals surface area contributed by atoms with Crippen LogP contribution < -0.4 is 4.74 Å². The molecule has 0 unspecified atom stereocenters. The Balaban J connectivity index is 1.43. The molecule has 2 fully saturated rings. The molecule has 2 amide bonds. The van der Waals surface area contributed by atoms with Gasteiger partial charge >= 0.3 is 6.36 Å². The van der Waals surface area contributed by atoms with Crippen molar-refractivity contribution in [1.82, 2.24) is 9.80 Å². The van der Waals surface area contributed by atoms with Crippen LogP contribution in [-0.2, 0) is 16.1 Å². The summed E-state index contributed by atoms with van der Waals surface area (Å²) < 4.78 is 46.9. The van der Waals surface area contributed by atoms with Crippen LogP contribution in [0.25, 0.3) is 0 Å². The minimum atomic E-state index is -4.78. The first-order valence-corrected chi connectivity index (χ1v) is 10.1. The van der Waals surface area contributed by atoms with Crippen LogP contribution in [0.15, 0.2) is 41.8 Å². The van der Waals surface area contributed by atoms with Crippen molar-refractivity contribution in [3.63, 3.8) is 0 Å². The van der Waals surface area contributed by atoms with E-state index in [9.17, 15) is 22.8 Å². The van der Waals surface area contributed by atoms with Gasteiger partial charge in [0.2, 0.25) is 5.91 Å². The molecule has 2 saturated heterocycles. The number of carbonyl (C=O) groups excluding carboxylic acids is 2. The third kappa shape index (κ3) is 4.59. The molecule has 0 aliphatic carbocycles. The van der Waals surface area contributed by atoms with E-state index in [1.807, 2.05) is 11.4 Å². The Hall–Kier alpha value is -2.59. The maximum atomic E-state index is 12.5. The number of benzene rings is 1. The molecule has 0 saturated carbocycles. The fraction of sp³-hybridized carbons (Fsp3) is 0.400. The molecule has 4 rings (SSSR count). The number of nitrogens with zero attached hydrogens (tertiary/aromatic N) is 2. The van der Waals surface area contributed by atoms with Crippen molar-refractivity contribution in [3.05, 3.63) is 52.2 Å². The summed E-state index contributed by atoms with van der Waals surface area (Å²) in [6, 6.07) is 9.17. The van der Waals surface area contributed by atoms with Crippen LogP contribution >= 0.6 is 11.3 Å². The third-order valence-electron chi connectivity index (χ3n) is 5.09. The van der Waals surface area contributed by atoms with Gasteiger partial charge in [-0.15, -0.1) is 24.5 Å². The predicted octanol–water partition coefficient (Wildman–Crippen LogP) is 3.15. The molecule has 1 aromatic heterocycles. The second-order valence-electron chi connectivity index (χ2n) is 7.58. The van der Waals surface area contributed by atoms with Gasteiger partial charge in [0.05, 0.1) is 11.5 Å². The van der Waals surface area contributed by atoms with Gasteiger partial charge < -0.3 is 19.3 Å². The van der Waals surface area contributed by atoms with Crippen LogP contribution in [0.4, 0.5) is 13.2 Å². The lowest BCUT2D eigenvalue weighted by molar-refractivity contribution is -0.274. The molecule has 2 aromatic rings. The van der Waals surface area contributed by atoms with Gasteiger partial charge in [-0.2, -0.15) is 0 Å². The van der Waals surface area contributed by atoms with Crippen LogP contribution in [0.3, 0.4) is 0 Å². The largest absolute Gasteiger partial charge is 0.573 e. The normalized spacial score (nSPS) is 18.8. The van der Waals surface area contributed by atoms with Crippen LogP contribution in [0.2, 0.25) is 0 Å². The quantitative estimate of drug-likeness (QED) is 0.733. The molecule has 30 heavy (non-hydrogen) atoms.